The van der Waals surface area contributed by atoms with Gasteiger partial charge in [0, 0.05) is 17.8 Å². The summed E-state index contributed by atoms with van der Waals surface area (Å²) in [6.07, 6.45) is 2.44. The van der Waals surface area contributed by atoms with Gasteiger partial charge in [-0.25, -0.2) is 0 Å². The molecule has 0 amide bonds. The molecule has 24 heavy (non-hydrogen) atoms. The molecule has 0 radical (unpaired) electrons. The lowest BCUT2D eigenvalue weighted by atomic mass is 10.0. The van der Waals surface area contributed by atoms with Crippen LogP contribution < -0.4 is 14.8 Å². The molecule has 0 saturated heterocycles. The summed E-state index contributed by atoms with van der Waals surface area (Å²) in [6.45, 7) is 4.66. The van der Waals surface area contributed by atoms with Gasteiger partial charge < -0.3 is 19.5 Å². The molecule has 1 N–H and O–H groups in total. The zero-order valence-corrected chi connectivity index (χ0v) is 14.6. The van der Waals surface area contributed by atoms with Gasteiger partial charge in [-0.15, -0.1) is 0 Å². The van der Waals surface area contributed by atoms with Gasteiger partial charge in [0.15, 0.2) is 6.29 Å². The number of rotatable bonds is 3. The molecule has 3 rings (SSSR count). The van der Waals surface area contributed by atoms with Crippen molar-refractivity contribution in [3.63, 3.8) is 0 Å². The first kappa shape index (κ1) is 16.6. The van der Waals surface area contributed by atoms with Gasteiger partial charge in [-0.2, -0.15) is 0 Å². The highest BCUT2D eigenvalue weighted by molar-refractivity contribution is 6.32. The molecule has 1 aliphatic rings. The van der Waals surface area contributed by atoms with Crippen LogP contribution in [0.1, 0.15) is 30.2 Å². The van der Waals surface area contributed by atoms with E-state index in [-0.39, 0.29) is 17.3 Å². The maximum atomic E-state index is 11.3. The molecule has 1 unspecified atom stereocenters. The molecular weight excluding hydrogens is 328 g/mol. The van der Waals surface area contributed by atoms with Crippen LogP contribution in [-0.2, 0) is 0 Å². The molecule has 5 nitrogen and oxygen atoms in total. The third kappa shape index (κ3) is 2.69. The molecule has 1 aliphatic heterocycles. The van der Waals surface area contributed by atoms with Crippen LogP contribution in [0.4, 0.5) is 0 Å². The summed E-state index contributed by atoms with van der Waals surface area (Å²) in [7, 11) is 1.56. The lowest BCUT2D eigenvalue weighted by Gasteiger charge is -2.24. The van der Waals surface area contributed by atoms with Crippen LogP contribution in [0.25, 0.3) is 11.3 Å². The molecule has 0 saturated carbocycles. The van der Waals surface area contributed by atoms with Gasteiger partial charge in [-0.3, -0.25) is 4.79 Å². The summed E-state index contributed by atoms with van der Waals surface area (Å²) in [6, 6.07) is 5.28. The Morgan fingerprint density at radius 1 is 1.42 bits per heavy atom. The Bertz CT molecular complexity index is 858. The number of hydrogen-bond acceptors (Lipinski definition) is 4. The third-order valence-electron chi connectivity index (χ3n) is 4.34. The molecular formula is C18H19ClN2O3. The second kappa shape index (κ2) is 6.32. The molecule has 1 atom stereocenters. The highest BCUT2D eigenvalue weighted by Crippen LogP contribution is 2.41. The monoisotopic (exact) mass is 346 g/mol. The lowest BCUT2D eigenvalue weighted by molar-refractivity contribution is 0.112. The molecule has 6 heteroatoms. The van der Waals surface area contributed by atoms with E-state index in [9.17, 15) is 4.79 Å². The van der Waals surface area contributed by atoms with Crippen molar-refractivity contribution >= 4 is 17.9 Å². The van der Waals surface area contributed by atoms with E-state index in [0.717, 1.165) is 11.3 Å². The van der Waals surface area contributed by atoms with Crippen LogP contribution >= 0.6 is 11.6 Å². The second-order valence-corrected chi connectivity index (χ2v) is 6.57. The number of aromatic nitrogens is 1. The summed E-state index contributed by atoms with van der Waals surface area (Å²) in [5.74, 6) is 1.49. The van der Waals surface area contributed by atoms with Gasteiger partial charge in [-0.05, 0) is 18.1 Å². The third-order valence-corrected chi connectivity index (χ3v) is 4.64. The fourth-order valence-corrected chi connectivity index (χ4v) is 3.19. The highest BCUT2D eigenvalue weighted by Gasteiger charge is 2.26. The molecule has 2 heterocycles. The van der Waals surface area contributed by atoms with E-state index in [1.165, 1.54) is 0 Å². The number of carbonyl (C=O) groups excluding carboxylic acids is 1. The van der Waals surface area contributed by atoms with Crippen molar-refractivity contribution in [1.82, 2.24) is 4.57 Å². The van der Waals surface area contributed by atoms with Crippen molar-refractivity contribution in [2.24, 2.45) is 5.92 Å². The zero-order chi connectivity index (χ0) is 17.4. The van der Waals surface area contributed by atoms with E-state index in [4.69, 9.17) is 26.5 Å². The zero-order valence-electron chi connectivity index (χ0n) is 13.8. The smallest absolute Gasteiger partial charge is 0.153 e. The average molecular weight is 347 g/mol. The fourth-order valence-electron chi connectivity index (χ4n) is 2.95. The summed E-state index contributed by atoms with van der Waals surface area (Å²) in [4.78, 5) is 11.3. The van der Waals surface area contributed by atoms with Crippen molar-refractivity contribution in [2.75, 3.05) is 13.7 Å². The first-order valence-corrected chi connectivity index (χ1v) is 8.10. The quantitative estimate of drug-likeness (QED) is 0.862. The van der Waals surface area contributed by atoms with Gasteiger partial charge >= 0.3 is 0 Å². The predicted octanol–water partition coefficient (Wildman–Crippen LogP) is 3.70. The van der Waals surface area contributed by atoms with Crippen LogP contribution in [0.2, 0.25) is 5.02 Å². The molecule has 2 aromatic rings. The van der Waals surface area contributed by atoms with E-state index in [1.807, 2.05) is 4.57 Å². The number of nitrogens with one attached hydrogen (secondary N) is 1. The summed E-state index contributed by atoms with van der Waals surface area (Å²) in [5.41, 5.74) is 1.95. The van der Waals surface area contributed by atoms with Crippen LogP contribution in [0.3, 0.4) is 0 Å². The Labute approximate surface area is 145 Å². The number of nitrogens with zero attached hydrogens (tertiary/aromatic N) is 1. The number of carbonyl (C=O) groups is 1. The minimum absolute atomic E-state index is 0.0384. The number of fused-ring (bicyclic) bond motifs is 3. The largest absolute Gasteiger partial charge is 0.495 e. The SMILES string of the molecule is COc1cc2c(cc1Cl)-c1cc(=N)c(C=O)cn1C(C(C)C)CO2. The lowest BCUT2D eigenvalue weighted by Crippen LogP contribution is -2.24. The molecule has 0 bridgehead atoms. The number of hydrogen-bond donors (Lipinski definition) is 1. The average Bonchev–Trinajstić information content (AvgIpc) is 2.70. The van der Waals surface area contributed by atoms with Crippen molar-refractivity contribution in [3.05, 3.63) is 40.3 Å². The Balaban J connectivity index is 2.32. The number of benzene rings is 1. The van der Waals surface area contributed by atoms with Gasteiger partial charge in [-0.1, -0.05) is 25.4 Å². The Hall–Kier alpha value is -2.27. The molecule has 0 aliphatic carbocycles. The topological polar surface area (TPSA) is 64.3 Å². The standard InChI is InChI=1S/C18H19ClN2O3/c1-10(2)16-9-24-17-6-18(23-3)13(19)4-12(17)15-5-14(20)11(8-22)7-21(15)16/h4-8,10,16,20H,9H2,1-3H3. The molecule has 1 aromatic heterocycles. The number of aldehydes is 1. The minimum Gasteiger partial charge on any atom is -0.495 e. The van der Waals surface area contributed by atoms with Gasteiger partial charge in [0.1, 0.15) is 18.1 Å². The second-order valence-electron chi connectivity index (χ2n) is 6.16. The van der Waals surface area contributed by atoms with Crippen molar-refractivity contribution in [3.8, 4) is 22.8 Å². The number of methoxy groups -OCH3 is 1. The van der Waals surface area contributed by atoms with E-state index in [0.29, 0.717) is 35.0 Å². The molecule has 0 spiro atoms. The van der Waals surface area contributed by atoms with Crippen molar-refractivity contribution in [1.29, 1.82) is 5.41 Å². The first-order chi connectivity index (χ1) is 11.5. The maximum absolute atomic E-state index is 11.3. The van der Waals surface area contributed by atoms with E-state index in [1.54, 1.807) is 31.5 Å². The summed E-state index contributed by atoms with van der Waals surface area (Å²) in [5, 5.41) is 8.74. The van der Waals surface area contributed by atoms with Crippen LogP contribution in [0.15, 0.2) is 24.4 Å². The Kier molecular flexibility index (Phi) is 4.37. The van der Waals surface area contributed by atoms with E-state index in [2.05, 4.69) is 13.8 Å². The first-order valence-electron chi connectivity index (χ1n) is 7.73. The molecule has 1 aromatic carbocycles. The predicted molar refractivity (Wildman–Crippen MR) is 92.0 cm³/mol. The van der Waals surface area contributed by atoms with Crippen LogP contribution in [0.5, 0.6) is 11.5 Å². The molecule has 126 valence electrons. The fraction of sp³-hybridized carbons (Fsp3) is 0.333. The maximum Gasteiger partial charge on any atom is 0.153 e. The number of halogens is 1. The summed E-state index contributed by atoms with van der Waals surface area (Å²) < 4.78 is 13.3. The Morgan fingerprint density at radius 3 is 2.79 bits per heavy atom. The van der Waals surface area contributed by atoms with Crippen molar-refractivity contribution < 1.29 is 14.3 Å². The number of pyridine rings is 1. The Morgan fingerprint density at radius 2 is 2.17 bits per heavy atom. The summed E-state index contributed by atoms with van der Waals surface area (Å²) >= 11 is 6.29. The molecule has 0 fully saturated rings. The minimum atomic E-state index is 0.0384. The normalized spacial score (nSPS) is 16.0. The van der Waals surface area contributed by atoms with Crippen LogP contribution in [-0.4, -0.2) is 24.6 Å². The van der Waals surface area contributed by atoms with Gasteiger partial charge in [0.25, 0.3) is 0 Å². The highest BCUT2D eigenvalue weighted by atomic mass is 35.5. The van der Waals surface area contributed by atoms with E-state index >= 15 is 0 Å². The number of ether oxygens (including phenoxy) is 2. The van der Waals surface area contributed by atoms with E-state index < -0.39 is 0 Å². The van der Waals surface area contributed by atoms with Crippen LogP contribution in [0, 0.1) is 11.3 Å². The van der Waals surface area contributed by atoms with Gasteiger partial charge in [0.2, 0.25) is 0 Å². The van der Waals surface area contributed by atoms with Gasteiger partial charge in [0.05, 0.1) is 34.8 Å². The van der Waals surface area contributed by atoms with Crippen molar-refractivity contribution in [2.45, 2.75) is 19.9 Å².